The predicted octanol–water partition coefficient (Wildman–Crippen LogP) is 1.81. The largest absolute Gasteiger partial charge is 0.370 e. The van der Waals surface area contributed by atoms with Crippen molar-refractivity contribution in [2.75, 3.05) is 5.32 Å². The average molecular weight is 278 g/mol. The van der Waals surface area contributed by atoms with Gasteiger partial charge in [0.25, 0.3) is 5.91 Å². The first-order valence-electron chi connectivity index (χ1n) is 4.07. The van der Waals surface area contributed by atoms with Crippen LogP contribution in [-0.4, -0.2) is 15.8 Å². The molecule has 1 atom stereocenters. The number of carbonyl (C=O) groups excluding carboxylic acids is 1. The molecule has 1 aliphatic rings. The molecule has 1 aromatic rings. The molecule has 15 heavy (non-hydrogen) atoms. The lowest BCUT2D eigenvalue weighted by molar-refractivity contribution is -0.158. The van der Waals surface area contributed by atoms with E-state index in [0.29, 0.717) is 0 Å². The molecular formula is C9H6BrF2NO2. The minimum Gasteiger partial charge on any atom is -0.370 e. The molecule has 0 fully saturated rings. The van der Waals surface area contributed by atoms with Crippen molar-refractivity contribution in [3.8, 4) is 0 Å². The number of fused-ring (bicyclic) bond motifs is 1. The van der Waals surface area contributed by atoms with E-state index < -0.39 is 16.3 Å². The first-order chi connectivity index (χ1) is 6.87. The van der Waals surface area contributed by atoms with Crippen molar-refractivity contribution in [1.29, 1.82) is 0 Å². The van der Waals surface area contributed by atoms with Crippen molar-refractivity contribution in [3.63, 3.8) is 0 Å². The van der Waals surface area contributed by atoms with Gasteiger partial charge in [-0.2, -0.15) is 8.78 Å². The summed E-state index contributed by atoms with van der Waals surface area (Å²) < 4.78 is 26.3. The average Bonchev–Trinajstić information content (AvgIpc) is 2.40. The Morgan fingerprint density at radius 2 is 2.00 bits per heavy atom. The standard InChI is InChI=1S/C9H6BrF2NO2/c10-9(11,12)8(15)5-3-1-2-4-6(5)13-7(8)14/h1-4,15H,(H,13,14). The molecule has 2 rings (SSSR count). The van der Waals surface area contributed by atoms with Crippen LogP contribution in [-0.2, 0) is 10.4 Å². The highest BCUT2D eigenvalue weighted by Gasteiger charge is 2.61. The van der Waals surface area contributed by atoms with Gasteiger partial charge in [0, 0.05) is 11.3 Å². The van der Waals surface area contributed by atoms with Crippen LogP contribution in [0.25, 0.3) is 0 Å². The van der Waals surface area contributed by atoms with E-state index in [1.165, 1.54) is 18.2 Å². The number of carbonyl (C=O) groups is 1. The molecular weight excluding hydrogens is 272 g/mol. The molecule has 6 heteroatoms. The predicted molar refractivity (Wildman–Crippen MR) is 52.8 cm³/mol. The zero-order valence-electron chi connectivity index (χ0n) is 7.30. The molecule has 2 N–H and O–H groups in total. The number of hydrogen-bond acceptors (Lipinski definition) is 2. The third-order valence-electron chi connectivity index (χ3n) is 2.30. The summed E-state index contributed by atoms with van der Waals surface area (Å²) in [5, 5.41) is 11.9. The molecule has 3 nitrogen and oxygen atoms in total. The molecule has 0 aliphatic carbocycles. The summed E-state index contributed by atoms with van der Waals surface area (Å²) in [6.07, 6.45) is 0. The molecule has 1 unspecified atom stereocenters. The van der Waals surface area contributed by atoms with Crippen LogP contribution in [0.1, 0.15) is 5.56 Å². The van der Waals surface area contributed by atoms with Gasteiger partial charge in [-0.3, -0.25) is 4.79 Å². The summed E-state index contributed by atoms with van der Waals surface area (Å²) in [4.78, 5) is 7.62. The first kappa shape index (κ1) is 10.5. The Hall–Kier alpha value is -1.01. The van der Waals surface area contributed by atoms with Gasteiger partial charge in [0.05, 0.1) is 0 Å². The van der Waals surface area contributed by atoms with E-state index in [9.17, 15) is 18.7 Å². The van der Waals surface area contributed by atoms with Crippen LogP contribution >= 0.6 is 15.9 Å². The SMILES string of the molecule is O=C1Nc2ccccc2C1(O)C(F)(F)Br. The smallest absolute Gasteiger partial charge is 0.342 e. The molecule has 80 valence electrons. The van der Waals surface area contributed by atoms with E-state index in [1.54, 1.807) is 6.07 Å². The zero-order chi connectivity index (χ0) is 11.3. The third-order valence-corrected chi connectivity index (χ3v) is 2.88. The minimum absolute atomic E-state index is 0.128. The van der Waals surface area contributed by atoms with Crippen LogP contribution in [0.4, 0.5) is 14.5 Å². The highest BCUT2D eigenvalue weighted by Crippen LogP contribution is 2.48. The molecule has 0 bridgehead atoms. The summed E-state index contributed by atoms with van der Waals surface area (Å²) in [6.45, 7) is 0. The second-order valence-electron chi connectivity index (χ2n) is 3.21. The first-order valence-corrected chi connectivity index (χ1v) is 4.87. The molecule has 1 aliphatic heterocycles. The molecule has 1 aromatic carbocycles. The zero-order valence-corrected chi connectivity index (χ0v) is 8.88. The van der Waals surface area contributed by atoms with Crippen LogP contribution in [0.3, 0.4) is 0 Å². The number of benzene rings is 1. The molecule has 1 heterocycles. The normalized spacial score (nSPS) is 24.9. The molecule has 0 spiro atoms. The summed E-state index contributed by atoms with van der Waals surface area (Å²) in [5.74, 6) is -1.13. The van der Waals surface area contributed by atoms with Gasteiger partial charge < -0.3 is 10.4 Å². The Morgan fingerprint density at radius 3 is 2.60 bits per heavy atom. The van der Waals surface area contributed by atoms with Gasteiger partial charge in [-0.15, -0.1) is 0 Å². The fourth-order valence-electron chi connectivity index (χ4n) is 1.52. The quantitative estimate of drug-likeness (QED) is 0.770. The Balaban J connectivity index is 2.65. The topological polar surface area (TPSA) is 49.3 Å². The number of halogens is 3. The minimum atomic E-state index is -3.71. The van der Waals surface area contributed by atoms with Crippen LogP contribution in [0.2, 0.25) is 0 Å². The monoisotopic (exact) mass is 277 g/mol. The van der Waals surface area contributed by atoms with Gasteiger partial charge in [0.2, 0.25) is 5.60 Å². The van der Waals surface area contributed by atoms with Crippen molar-refractivity contribution < 1.29 is 18.7 Å². The van der Waals surface area contributed by atoms with Crippen molar-refractivity contribution in [2.24, 2.45) is 0 Å². The third kappa shape index (κ3) is 1.28. The molecule has 0 radical (unpaired) electrons. The van der Waals surface area contributed by atoms with E-state index in [2.05, 4.69) is 5.32 Å². The molecule has 0 saturated carbocycles. The van der Waals surface area contributed by atoms with Gasteiger partial charge in [-0.25, -0.2) is 0 Å². The number of anilines is 1. The van der Waals surface area contributed by atoms with Gasteiger partial charge >= 0.3 is 4.83 Å². The van der Waals surface area contributed by atoms with Gasteiger partial charge in [0.1, 0.15) is 0 Å². The summed E-state index contributed by atoms with van der Waals surface area (Å²) in [5.41, 5.74) is -2.77. The maximum Gasteiger partial charge on any atom is 0.342 e. The number of aliphatic hydroxyl groups is 1. The maximum absolute atomic E-state index is 13.1. The van der Waals surface area contributed by atoms with Crippen molar-refractivity contribution in [1.82, 2.24) is 0 Å². The lowest BCUT2D eigenvalue weighted by atomic mass is 9.96. The highest BCUT2D eigenvalue weighted by molar-refractivity contribution is 9.10. The van der Waals surface area contributed by atoms with Crippen LogP contribution in [0.15, 0.2) is 24.3 Å². The molecule has 1 amide bonds. The second kappa shape index (κ2) is 2.99. The van der Waals surface area contributed by atoms with E-state index >= 15 is 0 Å². The maximum atomic E-state index is 13.1. The van der Waals surface area contributed by atoms with Crippen molar-refractivity contribution >= 4 is 27.5 Å². The number of amides is 1. The summed E-state index contributed by atoms with van der Waals surface area (Å²) in [6, 6.07) is 5.78. The Bertz CT molecular complexity index is 432. The van der Waals surface area contributed by atoms with Gasteiger partial charge in [0.15, 0.2) is 0 Å². The molecule has 0 aromatic heterocycles. The van der Waals surface area contributed by atoms with Crippen LogP contribution in [0, 0.1) is 0 Å². The number of alkyl halides is 3. The van der Waals surface area contributed by atoms with Crippen LogP contribution < -0.4 is 5.32 Å². The Morgan fingerprint density at radius 1 is 1.40 bits per heavy atom. The lowest BCUT2D eigenvalue weighted by Crippen LogP contribution is -2.46. The van der Waals surface area contributed by atoms with Crippen molar-refractivity contribution in [3.05, 3.63) is 29.8 Å². The summed E-state index contributed by atoms with van der Waals surface area (Å²) in [7, 11) is 0. The van der Waals surface area contributed by atoms with Gasteiger partial charge in [-0.1, -0.05) is 18.2 Å². The fourth-order valence-corrected chi connectivity index (χ4v) is 1.92. The number of rotatable bonds is 1. The Labute approximate surface area is 92.2 Å². The van der Waals surface area contributed by atoms with E-state index in [0.717, 1.165) is 0 Å². The number of para-hydroxylation sites is 1. The highest BCUT2D eigenvalue weighted by atomic mass is 79.9. The fraction of sp³-hybridized carbons (Fsp3) is 0.222. The number of nitrogens with one attached hydrogen (secondary N) is 1. The number of hydrogen-bond donors (Lipinski definition) is 2. The molecule has 0 saturated heterocycles. The van der Waals surface area contributed by atoms with E-state index in [4.69, 9.17) is 0 Å². The van der Waals surface area contributed by atoms with Crippen LogP contribution in [0.5, 0.6) is 0 Å². The summed E-state index contributed by atoms with van der Waals surface area (Å²) >= 11 is 2.03. The van der Waals surface area contributed by atoms with Gasteiger partial charge in [-0.05, 0) is 22.0 Å². The Kier molecular flexibility index (Phi) is 2.09. The lowest BCUT2D eigenvalue weighted by Gasteiger charge is -2.25. The van der Waals surface area contributed by atoms with E-state index in [1.807, 2.05) is 15.9 Å². The van der Waals surface area contributed by atoms with Crippen molar-refractivity contribution in [2.45, 2.75) is 10.4 Å². The van der Waals surface area contributed by atoms with E-state index in [-0.39, 0.29) is 11.3 Å². The second-order valence-corrected chi connectivity index (χ2v) is 4.20.